The number of para-hydroxylation sites is 1. The molecule has 0 aliphatic rings. The summed E-state index contributed by atoms with van der Waals surface area (Å²) in [5.74, 6) is 0. The van der Waals surface area contributed by atoms with Crippen LogP contribution in [0.3, 0.4) is 0 Å². The summed E-state index contributed by atoms with van der Waals surface area (Å²) in [6.07, 6.45) is 1.22. The van der Waals surface area contributed by atoms with Crippen LogP contribution in [0.25, 0.3) is 0 Å². The van der Waals surface area contributed by atoms with Crippen molar-refractivity contribution in [3.63, 3.8) is 0 Å². The van der Waals surface area contributed by atoms with Crippen LogP contribution in [0.15, 0.2) is 60.7 Å². The van der Waals surface area contributed by atoms with Crippen LogP contribution in [0.2, 0.25) is 0 Å². The fourth-order valence-electron chi connectivity index (χ4n) is 2.14. The predicted molar refractivity (Wildman–Crippen MR) is 80.2 cm³/mol. The van der Waals surface area contributed by atoms with E-state index in [2.05, 4.69) is 17.4 Å². The number of benzene rings is 2. The summed E-state index contributed by atoms with van der Waals surface area (Å²) in [5, 5.41) is 13.4. The van der Waals surface area contributed by atoms with Gasteiger partial charge in [0.2, 0.25) is 0 Å². The van der Waals surface area contributed by atoms with Gasteiger partial charge in [0.05, 0.1) is 12.1 Å². The Morgan fingerprint density at radius 2 is 1.53 bits per heavy atom. The fraction of sp³-hybridized carbons (Fsp3) is 0.294. The van der Waals surface area contributed by atoms with Crippen molar-refractivity contribution < 1.29 is 5.11 Å². The lowest BCUT2D eigenvalue weighted by Crippen LogP contribution is -2.18. The maximum atomic E-state index is 9.93. The molecule has 0 radical (unpaired) electrons. The number of hydrogen-bond donors (Lipinski definition) is 2. The first kappa shape index (κ1) is 13.6. The van der Waals surface area contributed by atoms with Gasteiger partial charge in [-0.05, 0) is 30.5 Å². The normalized spacial score (nSPS) is 13.8. The highest BCUT2D eigenvalue weighted by Crippen LogP contribution is 2.24. The Morgan fingerprint density at radius 3 is 2.11 bits per heavy atom. The van der Waals surface area contributed by atoms with Crippen LogP contribution in [0.5, 0.6) is 0 Å². The van der Waals surface area contributed by atoms with Crippen LogP contribution < -0.4 is 5.32 Å². The molecule has 0 saturated carbocycles. The summed E-state index contributed by atoms with van der Waals surface area (Å²) < 4.78 is 0. The van der Waals surface area contributed by atoms with Gasteiger partial charge in [-0.3, -0.25) is 0 Å². The van der Waals surface area contributed by atoms with E-state index in [0.717, 1.165) is 18.5 Å². The van der Waals surface area contributed by atoms with E-state index in [0.29, 0.717) is 0 Å². The van der Waals surface area contributed by atoms with Gasteiger partial charge in [0, 0.05) is 5.69 Å². The molecule has 2 heteroatoms. The van der Waals surface area contributed by atoms with Crippen molar-refractivity contribution in [3.05, 3.63) is 66.2 Å². The smallest absolute Gasteiger partial charge is 0.0560 e. The molecular weight excluding hydrogens is 234 g/mol. The Bertz CT molecular complexity index is 469. The van der Waals surface area contributed by atoms with Crippen LogP contribution in [0, 0.1) is 0 Å². The Labute approximate surface area is 115 Å². The third-order valence-corrected chi connectivity index (χ3v) is 3.30. The van der Waals surface area contributed by atoms with Gasteiger partial charge in [0.15, 0.2) is 0 Å². The van der Waals surface area contributed by atoms with Crippen molar-refractivity contribution in [2.24, 2.45) is 0 Å². The summed E-state index contributed by atoms with van der Waals surface area (Å²) in [4.78, 5) is 0. The molecule has 2 aromatic rings. The zero-order chi connectivity index (χ0) is 13.5. The molecule has 2 atom stereocenters. The minimum absolute atomic E-state index is 0.138. The topological polar surface area (TPSA) is 32.3 Å². The van der Waals surface area contributed by atoms with E-state index in [9.17, 15) is 5.11 Å². The third-order valence-electron chi connectivity index (χ3n) is 3.30. The summed E-state index contributed by atoms with van der Waals surface area (Å²) in [5.41, 5.74) is 2.29. The van der Waals surface area contributed by atoms with Gasteiger partial charge in [-0.25, -0.2) is 0 Å². The highest BCUT2D eigenvalue weighted by atomic mass is 16.3. The monoisotopic (exact) mass is 255 g/mol. The molecule has 2 nitrogen and oxygen atoms in total. The second kappa shape index (κ2) is 6.95. The zero-order valence-corrected chi connectivity index (χ0v) is 11.3. The molecule has 0 aliphatic carbocycles. The van der Waals surface area contributed by atoms with E-state index in [1.807, 2.05) is 55.5 Å². The molecule has 0 amide bonds. The zero-order valence-electron chi connectivity index (χ0n) is 11.3. The molecule has 2 aromatic carbocycles. The van der Waals surface area contributed by atoms with Gasteiger partial charge in [-0.2, -0.15) is 0 Å². The van der Waals surface area contributed by atoms with Crippen molar-refractivity contribution in [1.29, 1.82) is 0 Å². The van der Waals surface area contributed by atoms with Gasteiger partial charge >= 0.3 is 0 Å². The van der Waals surface area contributed by atoms with Crippen molar-refractivity contribution in [1.82, 2.24) is 0 Å². The lowest BCUT2D eigenvalue weighted by Gasteiger charge is -2.22. The molecule has 2 N–H and O–H groups in total. The Kier molecular flexibility index (Phi) is 4.99. The van der Waals surface area contributed by atoms with Crippen LogP contribution in [0.4, 0.5) is 5.69 Å². The number of anilines is 1. The second-order valence-electron chi connectivity index (χ2n) is 4.77. The summed E-state index contributed by atoms with van der Waals surface area (Å²) in [7, 11) is 0. The van der Waals surface area contributed by atoms with Crippen LogP contribution >= 0.6 is 0 Å². The van der Waals surface area contributed by atoms with Gasteiger partial charge in [-0.1, -0.05) is 55.5 Å². The van der Waals surface area contributed by atoms with Crippen molar-refractivity contribution in [3.8, 4) is 0 Å². The number of nitrogens with one attached hydrogen (secondary N) is 1. The predicted octanol–water partition coefficient (Wildman–Crippen LogP) is 4.00. The Balaban J connectivity index is 2.15. The minimum atomic E-state index is -0.276. The average molecular weight is 255 g/mol. The van der Waals surface area contributed by atoms with E-state index in [1.165, 1.54) is 5.56 Å². The van der Waals surface area contributed by atoms with E-state index >= 15 is 0 Å². The van der Waals surface area contributed by atoms with E-state index in [-0.39, 0.29) is 12.1 Å². The van der Waals surface area contributed by atoms with E-state index in [1.54, 1.807) is 0 Å². The molecule has 0 aromatic heterocycles. The molecule has 2 rings (SSSR count). The Morgan fingerprint density at radius 1 is 0.947 bits per heavy atom. The SMILES string of the molecule is CCC(O)CC(Nc1ccccc1)c1ccccc1. The van der Waals surface area contributed by atoms with Gasteiger partial charge in [-0.15, -0.1) is 0 Å². The Hall–Kier alpha value is -1.80. The van der Waals surface area contributed by atoms with Crippen molar-refractivity contribution >= 4 is 5.69 Å². The first-order valence-electron chi connectivity index (χ1n) is 6.84. The van der Waals surface area contributed by atoms with Gasteiger partial charge in [0.1, 0.15) is 0 Å². The lowest BCUT2D eigenvalue weighted by atomic mass is 9.99. The molecule has 0 aliphatic heterocycles. The highest BCUT2D eigenvalue weighted by Gasteiger charge is 2.15. The summed E-state index contributed by atoms with van der Waals surface area (Å²) in [6, 6.07) is 20.6. The summed E-state index contributed by atoms with van der Waals surface area (Å²) in [6.45, 7) is 2.01. The molecule has 19 heavy (non-hydrogen) atoms. The summed E-state index contributed by atoms with van der Waals surface area (Å²) >= 11 is 0. The largest absolute Gasteiger partial charge is 0.393 e. The molecule has 2 unspecified atom stereocenters. The molecule has 0 bridgehead atoms. The average Bonchev–Trinajstić information content (AvgIpc) is 2.48. The first-order chi connectivity index (χ1) is 9.29. The number of hydrogen-bond acceptors (Lipinski definition) is 2. The molecule has 0 spiro atoms. The number of aliphatic hydroxyl groups is 1. The standard InChI is InChI=1S/C17H21NO/c1-2-16(19)13-17(14-9-5-3-6-10-14)18-15-11-7-4-8-12-15/h3-12,16-19H,2,13H2,1H3. The molecule has 0 fully saturated rings. The fourth-order valence-corrected chi connectivity index (χ4v) is 2.14. The third kappa shape index (κ3) is 4.11. The molecule has 100 valence electrons. The first-order valence-corrected chi connectivity index (χ1v) is 6.84. The second-order valence-corrected chi connectivity index (χ2v) is 4.77. The van der Waals surface area contributed by atoms with Crippen molar-refractivity contribution in [2.45, 2.75) is 31.9 Å². The van der Waals surface area contributed by atoms with Crippen LogP contribution in [-0.2, 0) is 0 Å². The van der Waals surface area contributed by atoms with Gasteiger partial charge in [0.25, 0.3) is 0 Å². The van der Waals surface area contributed by atoms with Crippen molar-refractivity contribution in [2.75, 3.05) is 5.32 Å². The highest BCUT2D eigenvalue weighted by molar-refractivity contribution is 5.45. The maximum absolute atomic E-state index is 9.93. The van der Waals surface area contributed by atoms with E-state index in [4.69, 9.17) is 0 Å². The quantitative estimate of drug-likeness (QED) is 0.817. The minimum Gasteiger partial charge on any atom is -0.393 e. The molecular formula is C17H21NO. The number of rotatable bonds is 6. The lowest BCUT2D eigenvalue weighted by molar-refractivity contribution is 0.154. The van der Waals surface area contributed by atoms with Crippen LogP contribution in [-0.4, -0.2) is 11.2 Å². The molecule has 0 heterocycles. The van der Waals surface area contributed by atoms with Gasteiger partial charge < -0.3 is 10.4 Å². The number of aliphatic hydroxyl groups excluding tert-OH is 1. The maximum Gasteiger partial charge on any atom is 0.0560 e. The van der Waals surface area contributed by atoms with Crippen LogP contribution in [0.1, 0.15) is 31.4 Å². The molecule has 0 saturated heterocycles. The van der Waals surface area contributed by atoms with E-state index < -0.39 is 0 Å².